The minimum atomic E-state index is -3.58. The van der Waals surface area contributed by atoms with Crippen LogP contribution in [0.5, 0.6) is 0 Å². The van der Waals surface area contributed by atoms with Crippen molar-refractivity contribution in [2.75, 3.05) is 59.0 Å². The van der Waals surface area contributed by atoms with Gasteiger partial charge in [0.05, 0.1) is 24.7 Å². The largest absolute Gasteiger partial charge is 0.379 e. The third-order valence-electron chi connectivity index (χ3n) is 4.49. The molecule has 2 aliphatic heterocycles. The van der Waals surface area contributed by atoms with Crippen LogP contribution in [0.4, 0.5) is 0 Å². The first kappa shape index (κ1) is 18.6. The van der Waals surface area contributed by atoms with Crippen LogP contribution in [0.25, 0.3) is 0 Å². The zero-order valence-electron chi connectivity index (χ0n) is 13.9. The Morgan fingerprint density at radius 1 is 1.08 bits per heavy atom. The molecule has 0 spiro atoms. The molecule has 0 aliphatic carbocycles. The number of nitrogens with zero attached hydrogens (tertiary/aromatic N) is 3. The SMILES string of the molecule is O=C(CN1CCOCC1)N1CCN(S(=O)(=O)c2cccc(Cl)c2)CC1. The molecule has 1 aromatic carbocycles. The zero-order valence-corrected chi connectivity index (χ0v) is 15.5. The van der Waals surface area contributed by atoms with Gasteiger partial charge in [-0.1, -0.05) is 17.7 Å². The summed E-state index contributed by atoms with van der Waals surface area (Å²) < 4.78 is 32.0. The van der Waals surface area contributed by atoms with E-state index in [2.05, 4.69) is 4.90 Å². The van der Waals surface area contributed by atoms with E-state index in [0.717, 1.165) is 13.1 Å². The van der Waals surface area contributed by atoms with Gasteiger partial charge in [-0.05, 0) is 18.2 Å². The van der Waals surface area contributed by atoms with Gasteiger partial charge in [-0.2, -0.15) is 4.31 Å². The fourth-order valence-corrected chi connectivity index (χ4v) is 4.73. The second-order valence-electron chi connectivity index (χ2n) is 6.13. The average Bonchev–Trinajstić information content (AvgIpc) is 2.62. The molecule has 2 saturated heterocycles. The topological polar surface area (TPSA) is 70.2 Å². The van der Waals surface area contributed by atoms with Crippen molar-refractivity contribution in [2.45, 2.75) is 4.90 Å². The molecule has 0 aromatic heterocycles. The molecule has 25 heavy (non-hydrogen) atoms. The predicted octanol–water partition coefficient (Wildman–Crippen LogP) is 0.505. The van der Waals surface area contributed by atoms with Crippen molar-refractivity contribution in [3.8, 4) is 0 Å². The number of carbonyl (C=O) groups excluding carboxylic acids is 1. The summed E-state index contributed by atoms with van der Waals surface area (Å²) in [6, 6.07) is 6.25. The van der Waals surface area contributed by atoms with E-state index in [9.17, 15) is 13.2 Å². The maximum atomic E-state index is 12.7. The Morgan fingerprint density at radius 2 is 1.76 bits per heavy atom. The van der Waals surface area contributed by atoms with E-state index in [4.69, 9.17) is 16.3 Å². The lowest BCUT2D eigenvalue weighted by Gasteiger charge is -2.35. The molecule has 7 nitrogen and oxygen atoms in total. The summed E-state index contributed by atoms with van der Waals surface area (Å²) in [5.41, 5.74) is 0. The van der Waals surface area contributed by atoms with Gasteiger partial charge < -0.3 is 9.64 Å². The highest BCUT2D eigenvalue weighted by molar-refractivity contribution is 7.89. The Bertz CT molecular complexity index is 714. The molecule has 138 valence electrons. The molecular weight excluding hydrogens is 366 g/mol. The van der Waals surface area contributed by atoms with Gasteiger partial charge in [0.2, 0.25) is 15.9 Å². The predicted molar refractivity (Wildman–Crippen MR) is 94.0 cm³/mol. The minimum Gasteiger partial charge on any atom is -0.379 e. The second kappa shape index (κ2) is 8.01. The molecule has 0 unspecified atom stereocenters. The van der Waals surface area contributed by atoms with Gasteiger partial charge in [0.15, 0.2) is 0 Å². The third-order valence-corrected chi connectivity index (χ3v) is 6.62. The van der Waals surface area contributed by atoms with E-state index in [1.54, 1.807) is 17.0 Å². The normalized spacial score (nSPS) is 20.6. The van der Waals surface area contributed by atoms with Crippen LogP contribution in [0.2, 0.25) is 5.02 Å². The van der Waals surface area contributed by atoms with Crippen LogP contribution in [0.15, 0.2) is 29.2 Å². The van der Waals surface area contributed by atoms with E-state index in [-0.39, 0.29) is 10.8 Å². The van der Waals surface area contributed by atoms with Crippen LogP contribution >= 0.6 is 11.6 Å². The lowest BCUT2D eigenvalue weighted by atomic mass is 10.3. The molecule has 9 heteroatoms. The molecule has 0 radical (unpaired) electrons. The lowest BCUT2D eigenvalue weighted by Crippen LogP contribution is -2.53. The number of rotatable bonds is 4. The molecule has 1 amide bonds. The van der Waals surface area contributed by atoms with Crippen molar-refractivity contribution in [3.05, 3.63) is 29.3 Å². The highest BCUT2D eigenvalue weighted by atomic mass is 35.5. The summed E-state index contributed by atoms with van der Waals surface area (Å²) in [6.07, 6.45) is 0. The highest BCUT2D eigenvalue weighted by Gasteiger charge is 2.30. The molecule has 2 aliphatic rings. The fraction of sp³-hybridized carbons (Fsp3) is 0.562. The highest BCUT2D eigenvalue weighted by Crippen LogP contribution is 2.21. The summed E-state index contributed by atoms with van der Waals surface area (Å²) in [5, 5.41) is 0.389. The van der Waals surface area contributed by atoms with Gasteiger partial charge in [0, 0.05) is 44.3 Å². The Balaban J connectivity index is 1.56. The molecule has 2 heterocycles. The van der Waals surface area contributed by atoms with E-state index in [0.29, 0.717) is 51.0 Å². The van der Waals surface area contributed by atoms with Crippen LogP contribution in [0.3, 0.4) is 0 Å². The number of ether oxygens (including phenoxy) is 1. The minimum absolute atomic E-state index is 0.0432. The number of morpholine rings is 1. The smallest absolute Gasteiger partial charge is 0.243 e. The quantitative estimate of drug-likeness (QED) is 0.752. The number of carbonyl (C=O) groups is 1. The first-order valence-corrected chi connectivity index (χ1v) is 10.1. The van der Waals surface area contributed by atoms with Crippen LogP contribution in [0, 0.1) is 0 Å². The van der Waals surface area contributed by atoms with Crippen LogP contribution in [-0.4, -0.2) is 87.5 Å². The Morgan fingerprint density at radius 3 is 2.40 bits per heavy atom. The average molecular weight is 388 g/mol. The molecule has 0 saturated carbocycles. The van der Waals surface area contributed by atoms with Crippen molar-refractivity contribution >= 4 is 27.5 Å². The Hall–Kier alpha value is -1.19. The number of sulfonamides is 1. The summed E-state index contributed by atoms with van der Waals surface area (Å²) >= 11 is 5.90. The zero-order chi connectivity index (χ0) is 17.9. The fourth-order valence-electron chi connectivity index (χ4n) is 3.00. The number of hydrogen-bond donors (Lipinski definition) is 0. The van der Waals surface area contributed by atoms with Gasteiger partial charge in [-0.15, -0.1) is 0 Å². The molecule has 0 N–H and O–H groups in total. The van der Waals surface area contributed by atoms with E-state index in [1.165, 1.54) is 16.4 Å². The van der Waals surface area contributed by atoms with Crippen molar-refractivity contribution in [1.29, 1.82) is 0 Å². The number of amides is 1. The van der Waals surface area contributed by atoms with E-state index < -0.39 is 10.0 Å². The summed E-state index contributed by atoms with van der Waals surface area (Å²) in [4.78, 5) is 16.4. The van der Waals surface area contributed by atoms with Gasteiger partial charge in [0.1, 0.15) is 0 Å². The number of hydrogen-bond acceptors (Lipinski definition) is 5. The van der Waals surface area contributed by atoms with Crippen LogP contribution in [0.1, 0.15) is 0 Å². The molecule has 0 bridgehead atoms. The molecule has 2 fully saturated rings. The van der Waals surface area contributed by atoms with Gasteiger partial charge >= 0.3 is 0 Å². The first-order chi connectivity index (χ1) is 12.0. The third kappa shape index (κ3) is 4.51. The summed E-state index contributed by atoms with van der Waals surface area (Å²) in [5.74, 6) is 0.0432. The molecule has 0 atom stereocenters. The van der Waals surface area contributed by atoms with Gasteiger partial charge in [0.25, 0.3) is 0 Å². The molecule has 3 rings (SSSR count). The Kier molecular flexibility index (Phi) is 5.96. The number of piperazine rings is 1. The van der Waals surface area contributed by atoms with Crippen molar-refractivity contribution in [3.63, 3.8) is 0 Å². The summed E-state index contributed by atoms with van der Waals surface area (Å²) in [7, 11) is -3.58. The van der Waals surface area contributed by atoms with Gasteiger partial charge in [-0.3, -0.25) is 9.69 Å². The maximum Gasteiger partial charge on any atom is 0.243 e. The van der Waals surface area contributed by atoms with Crippen molar-refractivity contribution in [1.82, 2.24) is 14.1 Å². The van der Waals surface area contributed by atoms with Gasteiger partial charge in [-0.25, -0.2) is 8.42 Å². The maximum absolute atomic E-state index is 12.7. The van der Waals surface area contributed by atoms with Crippen LogP contribution in [-0.2, 0) is 19.6 Å². The monoisotopic (exact) mass is 387 g/mol. The van der Waals surface area contributed by atoms with Crippen molar-refractivity contribution in [2.24, 2.45) is 0 Å². The standard InChI is InChI=1S/C16H22ClN3O4S/c17-14-2-1-3-15(12-14)25(22,23)20-6-4-19(5-7-20)16(21)13-18-8-10-24-11-9-18/h1-3,12H,4-11,13H2. The van der Waals surface area contributed by atoms with E-state index in [1.807, 2.05) is 0 Å². The van der Waals surface area contributed by atoms with E-state index >= 15 is 0 Å². The summed E-state index contributed by atoms with van der Waals surface area (Å²) in [6.45, 7) is 4.59. The second-order valence-corrected chi connectivity index (χ2v) is 8.51. The lowest BCUT2D eigenvalue weighted by molar-refractivity contribution is -0.134. The number of halogens is 1. The van der Waals surface area contributed by atoms with Crippen LogP contribution < -0.4 is 0 Å². The first-order valence-electron chi connectivity index (χ1n) is 8.30. The molecule has 1 aromatic rings. The molecular formula is C16H22ClN3O4S. The Labute approximate surface area is 153 Å². The number of benzene rings is 1. The van der Waals surface area contributed by atoms with Crippen molar-refractivity contribution < 1.29 is 17.9 Å².